The first-order valence-electron chi connectivity index (χ1n) is 4.09. The lowest BCUT2D eigenvalue weighted by molar-refractivity contribution is 0.406. The third kappa shape index (κ3) is 1.62. The van der Waals surface area contributed by atoms with Crippen molar-refractivity contribution in [2.24, 2.45) is 10.7 Å². The topological polar surface area (TPSA) is 63.3 Å². The van der Waals surface area contributed by atoms with Crippen molar-refractivity contribution in [3.63, 3.8) is 0 Å². The third-order valence-electron chi connectivity index (χ3n) is 1.91. The molecule has 1 aromatic heterocycles. The molecular weight excluding hydrogens is 200 g/mol. The highest BCUT2D eigenvalue weighted by molar-refractivity contribution is 6.30. The summed E-state index contributed by atoms with van der Waals surface area (Å²) in [6.07, 6.45) is 6.55. The average Bonchev–Trinajstić information content (AvgIpc) is 2.19. The summed E-state index contributed by atoms with van der Waals surface area (Å²) in [6.45, 7) is 0. The van der Waals surface area contributed by atoms with E-state index in [9.17, 15) is 0 Å². The Morgan fingerprint density at radius 1 is 1.50 bits per heavy atom. The lowest BCUT2D eigenvalue weighted by Crippen LogP contribution is -2.49. The Bertz CT molecular complexity index is 387. The monoisotopic (exact) mass is 208 g/mol. The normalized spacial score (nSPS) is 25.4. The van der Waals surface area contributed by atoms with Gasteiger partial charge in [-0.05, 0) is 12.1 Å². The number of hydrogen-bond acceptors (Lipinski definition) is 4. The summed E-state index contributed by atoms with van der Waals surface area (Å²) in [5, 5.41) is 3.34. The smallest absolute Gasteiger partial charge is 0.211 e. The number of nitrogens with zero attached hydrogens (tertiary/aromatic N) is 2. The molecule has 2 heterocycles. The third-order valence-corrected chi connectivity index (χ3v) is 2.13. The Labute approximate surface area is 86.5 Å². The van der Waals surface area contributed by atoms with Crippen molar-refractivity contribution in [2.75, 3.05) is 0 Å². The lowest BCUT2D eigenvalue weighted by atomic mass is 10.1. The predicted octanol–water partition coefficient (Wildman–Crippen LogP) is 0.905. The second-order valence-electron chi connectivity index (χ2n) is 2.93. The average molecular weight is 209 g/mol. The fourth-order valence-corrected chi connectivity index (χ4v) is 1.41. The standard InChI is InChI=1S/C9H9ClN4/c10-8-3-5-13-9(11,14-8)7-2-1-4-12-6-7/h1-6,14H,11H2. The van der Waals surface area contributed by atoms with Crippen molar-refractivity contribution in [3.05, 3.63) is 41.3 Å². The Morgan fingerprint density at radius 3 is 3.00 bits per heavy atom. The van der Waals surface area contributed by atoms with E-state index >= 15 is 0 Å². The fraction of sp³-hybridized carbons (Fsp3) is 0.111. The molecule has 5 heteroatoms. The molecule has 0 bridgehead atoms. The number of aromatic nitrogens is 1. The fourth-order valence-electron chi connectivity index (χ4n) is 1.21. The van der Waals surface area contributed by atoms with Gasteiger partial charge in [-0.25, -0.2) is 4.99 Å². The minimum atomic E-state index is -1.000. The van der Waals surface area contributed by atoms with Crippen molar-refractivity contribution in [1.29, 1.82) is 0 Å². The Balaban J connectivity index is 2.35. The van der Waals surface area contributed by atoms with Crippen LogP contribution in [0.4, 0.5) is 0 Å². The van der Waals surface area contributed by atoms with Crippen molar-refractivity contribution in [3.8, 4) is 0 Å². The molecule has 72 valence electrons. The van der Waals surface area contributed by atoms with Gasteiger partial charge in [0.25, 0.3) is 0 Å². The summed E-state index contributed by atoms with van der Waals surface area (Å²) in [4.78, 5) is 8.10. The number of hydrogen-bond donors (Lipinski definition) is 2. The van der Waals surface area contributed by atoms with Gasteiger partial charge in [0.1, 0.15) is 5.16 Å². The number of nitrogens with two attached hydrogens (primary N) is 1. The van der Waals surface area contributed by atoms with Crippen molar-refractivity contribution in [1.82, 2.24) is 10.3 Å². The second-order valence-corrected chi connectivity index (χ2v) is 3.33. The van der Waals surface area contributed by atoms with Crippen LogP contribution in [-0.4, -0.2) is 11.2 Å². The van der Waals surface area contributed by atoms with Crippen LogP contribution < -0.4 is 11.1 Å². The highest BCUT2D eigenvalue weighted by atomic mass is 35.5. The Kier molecular flexibility index (Phi) is 2.23. The molecule has 0 aromatic carbocycles. The van der Waals surface area contributed by atoms with Crippen LogP contribution in [0.5, 0.6) is 0 Å². The molecule has 1 aliphatic rings. The highest BCUT2D eigenvalue weighted by Crippen LogP contribution is 2.20. The Hall–Kier alpha value is -1.39. The van der Waals surface area contributed by atoms with E-state index in [-0.39, 0.29) is 0 Å². The van der Waals surface area contributed by atoms with Crippen LogP contribution in [0.25, 0.3) is 0 Å². The number of rotatable bonds is 1. The van der Waals surface area contributed by atoms with E-state index in [1.54, 1.807) is 30.8 Å². The van der Waals surface area contributed by atoms with Crippen molar-refractivity contribution >= 4 is 17.8 Å². The number of allylic oxidation sites excluding steroid dienone is 1. The van der Waals surface area contributed by atoms with Crippen LogP contribution >= 0.6 is 11.6 Å². The van der Waals surface area contributed by atoms with Crippen LogP contribution in [-0.2, 0) is 5.79 Å². The van der Waals surface area contributed by atoms with Gasteiger partial charge >= 0.3 is 0 Å². The molecule has 14 heavy (non-hydrogen) atoms. The Morgan fingerprint density at radius 2 is 2.36 bits per heavy atom. The maximum atomic E-state index is 6.00. The van der Waals surface area contributed by atoms with Crippen LogP contribution in [0.15, 0.2) is 40.8 Å². The molecule has 2 rings (SSSR count). The summed E-state index contributed by atoms with van der Waals surface area (Å²) < 4.78 is 0. The first kappa shape index (κ1) is 9.18. The predicted molar refractivity (Wildman–Crippen MR) is 55.7 cm³/mol. The van der Waals surface area contributed by atoms with Gasteiger partial charge in [0.2, 0.25) is 5.79 Å². The molecule has 0 radical (unpaired) electrons. The van der Waals surface area contributed by atoms with Gasteiger partial charge in [0, 0.05) is 24.2 Å². The molecule has 1 aromatic rings. The zero-order valence-corrected chi connectivity index (χ0v) is 8.07. The zero-order valence-electron chi connectivity index (χ0n) is 7.31. The van der Waals surface area contributed by atoms with Crippen LogP contribution in [0.3, 0.4) is 0 Å². The molecule has 1 unspecified atom stereocenters. The van der Waals surface area contributed by atoms with Crippen molar-refractivity contribution < 1.29 is 0 Å². The van der Waals surface area contributed by atoms with Gasteiger partial charge in [-0.2, -0.15) is 0 Å². The first-order valence-corrected chi connectivity index (χ1v) is 4.47. The molecule has 0 saturated heterocycles. The molecule has 0 fully saturated rings. The minimum absolute atomic E-state index is 0.464. The summed E-state index contributed by atoms with van der Waals surface area (Å²) in [5.74, 6) is -1.000. The minimum Gasteiger partial charge on any atom is -0.336 e. The zero-order chi connectivity index (χ0) is 10.0. The van der Waals surface area contributed by atoms with Crippen LogP contribution in [0, 0.1) is 0 Å². The maximum Gasteiger partial charge on any atom is 0.211 e. The number of nitrogens with one attached hydrogen (secondary N) is 1. The van der Waals surface area contributed by atoms with Gasteiger partial charge in [0.05, 0.1) is 0 Å². The molecule has 1 atom stereocenters. The molecule has 0 aliphatic carbocycles. The summed E-state index contributed by atoms with van der Waals surface area (Å²) >= 11 is 5.81. The number of aliphatic imine (C=N–C) groups is 1. The van der Waals surface area contributed by atoms with Gasteiger partial charge < -0.3 is 5.32 Å². The molecule has 0 saturated carbocycles. The van der Waals surface area contributed by atoms with Gasteiger partial charge in [-0.3, -0.25) is 10.7 Å². The molecule has 4 nitrogen and oxygen atoms in total. The number of pyridine rings is 1. The molecule has 3 N–H and O–H groups in total. The largest absolute Gasteiger partial charge is 0.336 e. The number of halogens is 1. The summed E-state index contributed by atoms with van der Waals surface area (Å²) in [5.41, 5.74) is 6.76. The molecule has 0 spiro atoms. The highest BCUT2D eigenvalue weighted by Gasteiger charge is 2.27. The lowest BCUT2D eigenvalue weighted by Gasteiger charge is -2.28. The molecule has 1 aliphatic heterocycles. The van der Waals surface area contributed by atoms with E-state index in [1.165, 1.54) is 0 Å². The van der Waals surface area contributed by atoms with E-state index in [4.69, 9.17) is 17.3 Å². The van der Waals surface area contributed by atoms with E-state index in [0.29, 0.717) is 5.16 Å². The van der Waals surface area contributed by atoms with Gasteiger partial charge in [0.15, 0.2) is 0 Å². The second kappa shape index (κ2) is 3.40. The molecule has 0 amide bonds. The van der Waals surface area contributed by atoms with Crippen molar-refractivity contribution in [2.45, 2.75) is 5.79 Å². The quantitative estimate of drug-likeness (QED) is 0.675. The van der Waals surface area contributed by atoms with Crippen LogP contribution in [0.2, 0.25) is 0 Å². The van der Waals surface area contributed by atoms with Crippen LogP contribution in [0.1, 0.15) is 5.56 Å². The van der Waals surface area contributed by atoms with E-state index < -0.39 is 5.79 Å². The van der Waals surface area contributed by atoms with Gasteiger partial charge in [-0.15, -0.1) is 0 Å². The maximum absolute atomic E-state index is 6.00. The first-order chi connectivity index (χ1) is 6.71. The van der Waals surface area contributed by atoms with E-state index in [0.717, 1.165) is 5.56 Å². The molecular formula is C9H9ClN4. The summed E-state index contributed by atoms with van der Waals surface area (Å²) in [7, 11) is 0. The van der Waals surface area contributed by atoms with E-state index in [1.807, 2.05) is 6.07 Å². The summed E-state index contributed by atoms with van der Waals surface area (Å²) in [6, 6.07) is 3.64. The van der Waals surface area contributed by atoms with Gasteiger partial charge in [-0.1, -0.05) is 17.7 Å². The van der Waals surface area contributed by atoms with E-state index in [2.05, 4.69) is 15.3 Å². The SMILES string of the molecule is NC1(c2cccnc2)N=CC=C(Cl)N1.